The maximum atomic E-state index is 12.5. The molecule has 120 valence electrons. The molecule has 0 saturated carbocycles. The topological polar surface area (TPSA) is 88.5 Å². The Kier molecular flexibility index (Phi) is 3.93. The Bertz CT molecular complexity index is 877. The second kappa shape index (κ2) is 5.77. The highest BCUT2D eigenvalue weighted by atomic mass is 79.9. The van der Waals surface area contributed by atoms with E-state index in [1.54, 1.807) is 17.8 Å². The third-order valence-electron chi connectivity index (χ3n) is 3.73. The summed E-state index contributed by atoms with van der Waals surface area (Å²) < 4.78 is 2.50. The molecule has 0 fully saturated rings. The third kappa shape index (κ3) is 2.86. The van der Waals surface area contributed by atoms with Crippen LogP contribution in [0.3, 0.4) is 0 Å². The number of amides is 1. The number of nitrogens with one attached hydrogen (secondary N) is 2. The van der Waals surface area contributed by atoms with Crippen molar-refractivity contribution in [1.29, 1.82) is 0 Å². The van der Waals surface area contributed by atoms with Crippen LogP contribution in [0, 0.1) is 20.8 Å². The molecule has 3 aromatic heterocycles. The van der Waals surface area contributed by atoms with E-state index >= 15 is 0 Å². The zero-order valence-electron chi connectivity index (χ0n) is 13.3. The highest BCUT2D eigenvalue weighted by Crippen LogP contribution is 2.24. The fourth-order valence-corrected chi connectivity index (χ4v) is 2.76. The first kappa shape index (κ1) is 15.7. The van der Waals surface area contributed by atoms with E-state index in [1.165, 1.54) is 0 Å². The van der Waals surface area contributed by atoms with Crippen molar-refractivity contribution in [3.05, 3.63) is 33.7 Å². The number of rotatable bonds is 3. The Labute approximate surface area is 141 Å². The number of aryl methyl sites for hydroxylation is 3. The number of anilines is 1. The number of hydrogen-bond donors (Lipinski definition) is 2. The van der Waals surface area contributed by atoms with Gasteiger partial charge in [0.05, 0.1) is 15.6 Å². The van der Waals surface area contributed by atoms with Crippen molar-refractivity contribution < 1.29 is 4.79 Å². The van der Waals surface area contributed by atoms with Crippen LogP contribution in [0.15, 0.2) is 16.7 Å². The Morgan fingerprint density at radius 1 is 1.39 bits per heavy atom. The predicted molar refractivity (Wildman–Crippen MR) is 91.4 cm³/mol. The van der Waals surface area contributed by atoms with Gasteiger partial charge in [-0.25, -0.2) is 4.98 Å². The van der Waals surface area contributed by atoms with Crippen LogP contribution in [0.25, 0.3) is 11.0 Å². The number of aromatic amines is 1. The number of fused-ring (bicyclic) bond motifs is 1. The average Bonchev–Trinajstić information content (AvgIpc) is 3.02. The van der Waals surface area contributed by atoms with E-state index in [4.69, 9.17) is 0 Å². The molecule has 3 rings (SSSR count). The molecule has 0 aliphatic heterocycles. The number of H-pyrrole nitrogens is 1. The van der Waals surface area contributed by atoms with Crippen molar-refractivity contribution in [2.45, 2.75) is 33.7 Å². The summed E-state index contributed by atoms with van der Waals surface area (Å²) in [6.45, 7) is 7.56. The van der Waals surface area contributed by atoms with Crippen LogP contribution in [-0.4, -0.2) is 30.9 Å². The summed E-state index contributed by atoms with van der Waals surface area (Å²) in [6, 6.07) is 1.51. The van der Waals surface area contributed by atoms with Gasteiger partial charge in [-0.1, -0.05) is 0 Å². The number of halogens is 1. The van der Waals surface area contributed by atoms with Gasteiger partial charge in [0.15, 0.2) is 11.5 Å². The van der Waals surface area contributed by atoms with Crippen molar-refractivity contribution in [1.82, 2.24) is 25.0 Å². The van der Waals surface area contributed by atoms with Gasteiger partial charge in [-0.2, -0.15) is 10.2 Å². The van der Waals surface area contributed by atoms with Gasteiger partial charge in [-0.3, -0.25) is 14.6 Å². The van der Waals surface area contributed by atoms with Gasteiger partial charge in [-0.05, 0) is 55.3 Å². The second-order valence-corrected chi connectivity index (χ2v) is 6.44. The minimum Gasteiger partial charge on any atom is -0.307 e. The molecule has 23 heavy (non-hydrogen) atoms. The van der Waals surface area contributed by atoms with Gasteiger partial charge in [0, 0.05) is 11.9 Å². The van der Waals surface area contributed by atoms with Gasteiger partial charge < -0.3 is 5.32 Å². The first-order valence-corrected chi connectivity index (χ1v) is 8.00. The lowest BCUT2D eigenvalue weighted by molar-refractivity contribution is -0.119. The fourth-order valence-electron chi connectivity index (χ4n) is 2.47. The van der Waals surface area contributed by atoms with Gasteiger partial charge >= 0.3 is 0 Å². The summed E-state index contributed by atoms with van der Waals surface area (Å²) in [5, 5.41) is 15.0. The van der Waals surface area contributed by atoms with Crippen LogP contribution in [0.4, 0.5) is 5.82 Å². The average molecular weight is 377 g/mol. The highest BCUT2D eigenvalue weighted by molar-refractivity contribution is 9.10. The normalized spacial score (nSPS) is 12.6. The molecular weight excluding hydrogens is 360 g/mol. The van der Waals surface area contributed by atoms with Crippen LogP contribution in [0.5, 0.6) is 0 Å². The molecule has 2 N–H and O–H groups in total. The zero-order chi connectivity index (χ0) is 16.7. The van der Waals surface area contributed by atoms with Crippen molar-refractivity contribution in [2.24, 2.45) is 0 Å². The monoisotopic (exact) mass is 376 g/mol. The molecule has 1 amide bonds. The summed E-state index contributed by atoms with van der Waals surface area (Å²) in [5.74, 6) is 0.304. The van der Waals surface area contributed by atoms with Crippen LogP contribution in [0.2, 0.25) is 0 Å². The number of hydrogen-bond acceptors (Lipinski definition) is 4. The van der Waals surface area contributed by atoms with Gasteiger partial charge in [0.1, 0.15) is 6.04 Å². The Balaban J connectivity index is 1.88. The Morgan fingerprint density at radius 3 is 2.78 bits per heavy atom. The molecule has 3 heterocycles. The number of nitrogens with zero attached hydrogens (tertiary/aromatic N) is 4. The molecule has 7 nitrogen and oxygen atoms in total. The summed E-state index contributed by atoms with van der Waals surface area (Å²) in [7, 11) is 0. The van der Waals surface area contributed by atoms with Gasteiger partial charge in [-0.15, -0.1) is 0 Å². The van der Waals surface area contributed by atoms with E-state index in [-0.39, 0.29) is 5.91 Å². The number of carbonyl (C=O) groups is 1. The summed E-state index contributed by atoms with van der Waals surface area (Å²) in [4.78, 5) is 16.9. The van der Waals surface area contributed by atoms with Crippen LogP contribution in [-0.2, 0) is 4.79 Å². The molecule has 1 unspecified atom stereocenters. The molecule has 0 aliphatic carbocycles. The number of aromatic nitrogens is 5. The SMILES string of the molecule is Cc1cc(C)c2c(NC(=O)C(C)n3cc(Br)c(C)n3)n[nH]c2n1. The molecule has 0 aromatic carbocycles. The highest BCUT2D eigenvalue weighted by Gasteiger charge is 2.20. The minimum atomic E-state index is -0.453. The van der Waals surface area contributed by atoms with Crippen molar-refractivity contribution in [3.8, 4) is 0 Å². The lowest BCUT2D eigenvalue weighted by Gasteiger charge is -2.11. The van der Waals surface area contributed by atoms with E-state index < -0.39 is 6.04 Å². The van der Waals surface area contributed by atoms with Crippen molar-refractivity contribution in [2.75, 3.05) is 5.32 Å². The third-order valence-corrected chi connectivity index (χ3v) is 4.51. The lowest BCUT2D eigenvalue weighted by atomic mass is 10.2. The molecular formula is C15H17BrN6O. The van der Waals surface area contributed by atoms with Crippen LogP contribution < -0.4 is 5.32 Å². The standard InChI is InChI=1S/C15H17BrN6O/c1-7-5-8(2)17-13-12(7)14(20-19-13)18-15(23)10(4)22-6-11(16)9(3)21-22/h5-6,10H,1-4H3,(H2,17,18,19,20,23). The fraction of sp³-hybridized carbons (Fsp3) is 0.333. The summed E-state index contributed by atoms with van der Waals surface area (Å²) in [6.07, 6.45) is 1.79. The van der Waals surface area contributed by atoms with Crippen LogP contribution >= 0.6 is 15.9 Å². The number of carbonyl (C=O) groups excluding carboxylic acids is 1. The lowest BCUT2D eigenvalue weighted by Crippen LogP contribution is -2.24. The minimum absolute atomic E-state index is 0.187. The molecule has 8 heteroatoms. The van der Waals surface area contributed by atoms with Crippen molar-refractivity contribution >= 4 is 38.7 Å². The first-order valence-electron chi connectivity index (χ1n) is 7.21. The van der Waals surface area contributed by atoms with Crippen LogP contribution in [0.1, 0.15) is 29.9 Å². The van der Waals surface area contributed by atoms with E-state index in [2.05, 4.69) is 41.5 Å². The van der Waals surface area contributed by atoms with E-state index in [9.17, 15) is 4.79 Å². The molecule has 1 atom stereocenters. The molecule has 0 spiro atoms. The second-order valence-electron chi connectivity index (χ2n) is 5.58. The van der Waals surface area contributed by atoms with Gasteiger partial charge in [0.2, 0.25) is 5.91 Å². The predicted octanol–water partition coefficient (Wildman–Crippen LogP) is 3.04. The zero-order valence-corrected chi connectivity index (χ0v) is 14.9. The van der Waals surface area contributed by atoms with Gasteiger partial charge in [0.25, 0.3) is 0 Å². The van der Waals surface area contributed by atoms with E-state index in [1.807, 2.05) is 26.8 Å². The molecule has 3 aromatic rings. The maximum absolute atomic E-state index is 12.5. The van der Waals surface area contributed by atoms with E-state index in [0.29, 0.717) is 11.5 Å². The Hall–Kier alpha value is -2.22. The molecule has 0 aliphatic rings. The summed E-state index contributed by atoms with van der Waals surface area (Å²) >= 11 is 3.40. The first-order chi connectivity index (χ1) is 10.9. The largest absolute Gasteiger partial charge is 0.307 e. The van der Waals surface area contributed by atoms with E-state index in [0.717, 1.165) is 26.8 Å². The number of pyridine rings is 1. The maximum Gasteiger partial charge on any atom is 0.250 e. The molecule has 0 radical (unpaired) electrons. The Morgan fingerprint density at radius 2 is 2.13 bits per heavy atom. The van der Waals surface area contributed by atoms with Crippen molar-refractivity contribution in [3.63, 3.8) is 0 Å². The molecule has 0 saturated heterocycles. The quantitative estimate of drug-likeness (QED) is 0.734. The summed E-state index contributed by atoms with van der Waals surface area (Å²) in [5.41, 5.74) is 3.43. The molecule has 0 bridgehead atoms. The smallest absolute Gasteiger partial charge is 0.250 e.